The number of aliphatic hydroxyl groups excluding tert-OH is 1. The molecule has 0 radical (unpaired) electrons. The number of carbonyl (C=O) groups excluding carboxylic acids is 1. The largest absolute Gasteiger partial charge is 0.387 e. The van der Waals surface area contributed by atoms with Crippen molar-refractivity contribution in [3.8, 4) is 0 Å². The molecule has 2 aromatic rings. The van der Waals surface area contributed by atoms with Crippen LogP contribution in [0.1, 0.15) is 48.6 Å². The fourth-order valence-corrected chi connectivity index (χ4v) is 2.39. The minimum Gasteiger partial charge on any atom is -0.387 e. The molecule has 0 bridgehead atoms. The molecule has 1 unspecified atom stereocenters. The van der Waals surface area contributed by atoms with Gasteiger partial charge in [0.2, 0.25) is 0 Å². The molecule has 0 saturated carbocycles. The summed E-state index contributed by atoms with van der Waals surface area (Å²) in [7, 11) is 0. The summed E-state index contributed by atoms with van der Waals surface area (Å²) in [6.07, 6.45) is -0.689. The number of aromatic nitrogens is 2. The van der Waals surface area contributed by atoms with Crippen molar-refractivity contribution in [3.05, 3.63) is 39.8 Å². The van der Waals surface area contributed by atoms with Crippen molar-refractivity contribution >= 4 is 17.2 Å². The standard InChI is InChI=1S/C14H19N3O2S/c1-14(2,3)12-6-10(16-17-12)13(19)15-7-11(18)9-4-5-20-8-9/h4-6,8,11,18H,7H2,1-3H3,(H,15,19)(H,16,17). The van der Waals surface area contributed by atoms with E-state index in [0.717, 1.165) is 11.3 Å². The molecule has 1 atom stereocenters. The van der Waals surface area contributed by atoms with Gasteiger partial charge in [0, 0.05) is 17.7 Å². The second-order valence-corrected chi connectivity index (χ2v) is 6.48. The number of aromatic amines is 1. The topological polar surface area (TPSA) is 78.0 Å². The normalized spacial score (nSPS) is 13.2. The summed E-state index contributed by atoms with van der Waals surface area (Å²) >= 11 is 1.51. The van der Waals surface area contributed by atoms with Crippen molar-refractivity contribution in [2.24, 2.45) is 0 Å². The smallest absolute Gasteiger partial charge is 0.271 e. The average Bonchev–Trinajstić information content (AvgIpc) is 3.04. The van der Waals surface area contributed by atoms with Crippen molar-refractivity contribution in [1.29, 1.82) is 0 Å². The molecular weight excluding hydrogens is 274 g/mol. The zero-order valence-corrected chi connectivity index (χ0v) is 12.6. The maximum atomic E-state index is 12.0. The van der Waals surface area contributed by atoms with Crippen molar-refractivity contribution in [3.63, 3.8) is 0 Å². The molecule has 0 saturated heterocycles. The highest BCUT2D eigenvalue weighted by molar-refractivity contribution is 7.07. The first-order valence-corrected chi connectivity index (χ1v) is 7.36. The molecule has 0 aromatic carbocycles. The zero-order valence-electron chi connectivity index (χ0n) is 11.8. The van der Waals surface area contributed by atoms with Gasteiger partial charge in [-0.05, 0) is 28.5 Å². The molecule has 2 rings (SSSR count). The van der Waals surface area contributed by atoms with E-state index >= 15 is 0 Å². The number of H-pyrrole nitrogens is 1. The first-order chi connectivity index (χ1) is 9.38. The van der Waals surface area contributed by atoms with Gasteiger partial charge >= 0.3 is 0 Å². The Balaban J connectivity index is 1.94. The number of hydrogen-bond donors (Lipinski definition) is 3. The fraction of sp³-hybridized carbons (Fsp3) is 0.429. The highest BCUT2D eigenvalue weighted by Gasteiger charge is 2.19. The number of nitrogens with one attached hydrogen (secondary N) is 2. The van der Waals surface area contributed by atoms with E-state index in [-0.39, 0.29) is 17.9 Å². The molecule has 108 valence electrons. The maximum Gasteiger partial charge on any atom is 0.271 e. The average molecular weight is 293 g/mol. The van der Waals surface area contributed by atoms with Gasteiger partial charge in [-0.15, -0.1) is 0 Å². The van der Waals surface area contributed by atoms with Gasteiger partial charge in [0.05, 0.1) is 6.10 Å². The summed E-state index contributed by atoms with van der Waals surface area (Å²) in [6.45, 7) is 6.31. The molecule has 2 aromatic heterocycles. The van der Waals surface area contributed by atoms with Crippen LogP contribution in [0.25, 0.3) is 0 Å². The monoisotopic (exact) mass is 293 g/mol. The van der Waals surface area contributed by atoms with Crippen molar-refractivity contribution in [2.75, 3.05) is 6.54 Å². The van der Waals surface area contributed by atoms with Crippen LogP contribution in [0.4, 0.5) is 0 Å². The van der Waals surface area contributed by atoms with Crippen LogP contribution in [0.15, 0.2) is 22.9 Å². The third kappa shape index (κ3) is 3.46. The molecular formula is C14H19N3O2S. The van der Waals surface area contributed by atoms with Gasteiger partial charge in [0.25, 0.3) is 5.91 Å². The summed E-state index contributed by atoms with van der Waals surface area (Å²) in [5, 5.41) is 23.2. The van der Waals surface area contributed by atoms with Gasteiger partial charge in [-0.1, -0.05) is 20.8 Å². The van der Waals surface area contributed by atoms with Gasteiger partial charge in [0.15, 0.2) is 0 Å². The van der Waals surface area contributed by atoms with E-state index in [1.54, 1.807) is 6.07 Å². The number of carbonyl (C=O) groups is 1. The van der Waals surface area contributed by atoms with Crippen LogP contribution >= 0.6 is 11.3 Å². The molecule has 2 heterocycles. The molecule has 5 nitrogen and oxygen atoms in total. The Bertz CT molecular complexity index is 570. The van der Waals surface area contributed by atoms with E-state index in [0.29, 0.717) is 5.69 Å². The third-order valence-corrected chi connectivity index (χ3v) is 3.70. The molecule has 6 heteroatoms. The maximum absolute atomic E-state index is 12.0. The fourth-order valence-electron chi connectivity index (χ4n) is 1.68. The predicted molar refractivity (Wildman–Crippen MR) is 78.9 cm³/mol. The van der Waals surface area contributed by atoms with Crippen LogP contribution in [-0.2, 0) is 5.41 Å². The highest BCUT2D eigenvalue weighted by Crippen LogP contribution is 2.20. The van der Waals surface area contributed by atoms with E-state index in [4.69, 9.17) is 0 Å². The van der Waals surface area contributed by atoms with Crippen LogP contribution in [0.5, 0.6) is 0 Å². The van der Waals surface area contributed by atoms with Gasteiger partial charge < -0.3 is 10.4 Å². The van der Waals surface area contributed by atoms with Gasteiger partial charge in [0.1, 0.15) is 5.69 Å². The first kappa shape index (κ1) is 14.7. The van der Waals surface area contributed by atoms with E-state index in [1.807, 2.05) is 37.6 Å². The summed E-state index contributed by atoms with van der Waals surface area (Å²) in [5.74, 6) is -0.286. The van der Waals surface area contributed by atoms with Crippen LogP contribution in [-0.4, -0.2) is 27.8 Å². The molecule has 0 aliphatic heterocycles. The van der Waals surface area contributed by atoms with Gasteiger partial charge in [-0.25, -0.2) is 0 Å². The Morgan fingerprint density at radius 3 is 2.85 bits per heavy atom. The second kappa shape index (κ2) is 5.76. The van der Waals surface area contributed by atoms with Crippen molar-refractivity contribution in [1.82, 2.24) is 15.5 Å². The van der Waals surface area contributed by atoms with E-state index < -0.39 is 6.10 Å². The minimum absolute atomic E-state index is 0.0816. The van der Waals surface area contributed by atoms with Crippen LogP contribution < -0.4 is 5.32 Å². The number of amides is 1. The van der Waals surface area contributed by atoms with Crippen LogP contribution in [0, 0.1) is 0 Å². The van der Waals surface area contributed by atoms with Gasteiger partial charge in [-0.2, -0.15) is 16.4 Å². The molecule has 0 aliphatic rings. The van der Waals surface area contributed by atoms with Crippen molar-refractivity contribution in [2.45, 2.75) is 32.3 Å². The quantitative estimate of drug-likeness (QED) is 0.809. The molecule has 0 aliphatic carbocycles. The zero-order chi connectivity index (χ0) is 14.8. The third-order valence-electron chi connectivity index (χ3n) is 3.00. The number of rotatable bonds is 4. The number of thiophene rings is 1. The summed E-state index contributed by atoms with van der Waals surface area (Å²) in [4.78, 5) is 12.0. The lowest BCUT2D eigenvalue weighted by Crippen LogP contribution is -2.28. The second-order valence-electron chi connectivity index (χ2n) is 5.70. The Morgan fingerprint density at radius 1 is 1.55 bits per heavy atom. The van der Waals surface area contributed by atoms with Crippen molar-refractivity contribution < 1.29 is 9.90 Å². The lowest BCUT2D eigenvalue weighted by molar-refractivity contribution is 0.0911. The van der Waals surface area contributed by atoms with Crippen LogP contribution in [0.3, 0.4) is 0 Å². The summed E-state index contributed by atoms with van der Waals surface area (Å²) < 4.78 is 0. The summed E-state index contributed by atoms with van der Waals surface area (Å²) in [6, 6.07) is 3.58. The minimum atomic E-state index is -0.689. The first-order valence-electron chi connectivity index (χ1n) is 6.42. The van der Waals surface area contributed by atoms with Gasteiger partial charge in [-0.3, -0.25) is 9.89 Å². The lowest BCUT2D eigenvalue weighted by atomic mass is 9.92. The SMILES string of the molecule is CC(C)(C)c1cc(C(=O)NCC(O)c2ccsc2)n[nH]1. The van der Waals surface area contributed by atoms with Crippen LogP contribution in [0.2, 0.25) is 0 Å². The Labute approximate surface area is 122 Å². The lowest BCUT2D eigenvalue weighted by Gasteiger charge is -2.14. The van der Waals surface area contributed by atoms with E-state index in [1.165, 1.54) is 11.3 Å². The molecule has 20 heavy (non-hydrogen) atoms. The van der Waals surface area contributed by atoms with E-state index in [9.17, 15) is 9.90 Å². The molecule has 3 N–H and O–H groups in total. The molecule has 0 fully saturated rings. The predicted octanol–water partition coefficient (Wildman–Crippen LogP) is 2.23. The van der Waals surface area contributed by atoms with E-state index in [2.05, 4.69) is 15.5 Å². The molecule has 0 spiro atoms. The Kier molecular flexibility index (Phi) is 4.25. The number of nitrogens with zero attached hydrogens (tertiary/aromatic N) is 1. The Morgan fingerprint density at radius 2 is 2.30 bits per heavy atom. The molecule has 1 amide bonds. The number of aliphatic hydroxyl groups is 1. The Hall–Kier alpha value is -1.66. The summed E-state index contributed by atoms with van der Waals surface area (Å²) in [5.41, 5.74) is 1.98. The highest BCUT2D eigenvalue weighted by atomic mass is 32.1. The number of hydrogen-bond acceptors (Lipinski definition) is 4.